The Morgan fingerprint density at radius 2 is 2.00 bits per heavy atom. The molecule has 0 atom stereocenters. The molecule has 1 aromatic carbocycles. The molecular weight excluding hydrogens is 350 g/mol. The number of nitrogens with zero attached hydrogens (tertiary/aromatic N) is 2. The fraction of sp³-hybridized carbons (Fsp3) is 0.500. The Morgan fingerprint density at radius 3 is 2.62 bits per heavy atom. The van der Waals surface area contributed by atoms with Crippen LogP contribution in [0.1, 0.15) is 31.0 Å². The van der Waals surface area contributed by atoms with Crippen LogP contribution in [0.4, 0.5) is 0 Å². The normalized spacial score (nSPS) is 15.3. The number of rotatable bonds is 7. The molecule has 3 rings (SSSR count). The molecule has 0 radical (unpaired) electrons. The monoisotopic (exact) mass is 371 g/mol. The second-order valence-electron chi connectivity index (χ2n) is 5.64. The van der Waals surface area contributed by atoms with Crippen molar-refractivity contribution >= 4 is 24.2 Å². The summed E-state index contributed by atoms with van der Waals surface area (Å²) < 4.78 is 15.9. The highest BCUT2D eigenvalue weighted by atomic mass is 35.5. The molecule has 0 amide bonds. The Balaban J connectivity index is 0.00000208. The van der Waals surface area contributed by atoms with Crippen molar-refractivity contribution in [1.29, 1.82) is 0 Å². The van der Waals surface area contributed by atoms with Crippen molar-refractivity contribution in [1.82, 2.24) is 10.1 Å². The number of methoxy groups -OCH3 is 2. The number of hydrogen-bond acceptors (Lipinski definition) is 7. The summed E-state index contributed by atoms with van der Waals surface area (Å²) in [5.41, 5.74) is 5.84. The van der Waals surface area contributed by atoms with E-state index in [1.807, 2.05) is 18.2 Å². The van der Waals surface area contributed by atoms with Crippen LogP contribution in [0.3, 0.4) is 0 Å². The maximum Gasteiger partial charge on any atom is 0.227 e. The lowest BCUT2D eigenvalue weighted by Crippen LogP contribution is -2.44. The van der Waals surface area contributed by atoms with Gasteiger partial charge in [-0.1, -0.05) is 5.16 Å². The summed E-state index contributed by atoms with van der Waals surface area (Å²) >= 11 is 1.71. The minimum absolute atomic E-state index is 0. The van der Waals surface area contributed by atoms with E-state index in [0.29, 0.717) is 18.1 Å². The Bertz CT molecular complexity index is 676. The van der Waals surface area contributed by atoms with Gasteiger partial charge in [0.2, 0.25) is 5.89 Å². The van der Waals surface area contributed by atoms with Crippen molar-refractivity contribution in [2.75, 3.05) is 20.0 Å². The summed E-state index contributed by atoms with van der Waals surface area (Å²) in [4.78, 5) is 5.54. The molecular formula is C16H22ClN3O3S. The van der Waals surface area contributed by atoms with Crippen LogP contribution in [0.2, 0.25) is 0 Å². The smallest absolute Gasteiger partial charge is 0.227 e. The number of nitrogens with two attached hydrogens (primary N) is 1. The van der Waals surface area contributed by atoms with E-state index in [9.17, 15) is 0 Å². The van der Waals surface area contributed by atoms with Crippen LogP contribution in [0.5, 0.6) is 11.5 Å². The third kappa shape index (κ3) is 3.96. The van der Waals surface area contributed by atoms with Crippen LogP contribution in [0.15, 0.2) is 27.6 Å². The van der Waals surface area contributed by atoms with E-state index in [0.717, 1.165) is 41.4 Å². The fourth-order valence-corrected chi connectivity index (χ4v) is 3.37. The van der Waals surface area contributed by atoms with E-state index < -0.39 is 0 Å². The number of ether oxygens (including phenoxy) is 2. The van der Waals surface area contributed by atoms with Gasteiger partial charge in [-0.05, 0) is 37.5 Å². The summed E-state index contributed by atoms with van der Waals surface area (Å²) in [5, 5.41) is 4.03. The molecule has 2 N–H and O–H groups in total. The first-order valence-corrected chi connectivity index (χ1v) is 8.60. The van der Waals surface area contributed by atoms with Gasteiger partial charge in [0.1, 0.15) is 0 Å². The quantitative estimate of drug-likeness (QED) is 0.748. The van der Waals surface area contributed by atoms with Gasteiger partial charge in [-0.25, -0.2) is 0 Å². The number of hydrogen-bond donors (Lipinski definition) is 1. The lowest BCUT2D eigenvalue weighted by molar-refractivity contribution is 0.229. The zero-order valence-corrected chi connectivity index (χ0v) is 15.4. The van der Waals surface area contributed by atoms with Crippen LogP contribution in [-0.2, 0) is 12.0 Å². The molecule has 2 aromatic rings. The average molecular weight is 372 g/mol. The first-order chi connectivity index (χ1) is 11.1. The van der Waals surface area contributed by atoms with E-state index in [-0.39, 0.29) is 17.9 Å². The topological polar surface area (TPSA) is 83.4 Å². The van der Waals surface area contributed by atoms with E-state index in [1.54, 1.807) is 26.0 Å². The van der Waals surface area contributed by atoms with Crippen molar-refractivity contribution < 1.29 is 14.0 Å². The molecule has 1 aliphatic carbocycles. The van der Waals surface area contributed by atoms with Gasteiger partial charge in [-0.3, -0.25) is 0 Å². The van der Waals surface area contributed by atoms with E-state index in [4.69, 9.17) is 19.7 Å². The van der Waals surface area contributed by atoms with E-state index in [1.165, 1.54) is 0 Å². The summed E-state index contributed by atoms with van der Waals surface area (Å²) in [6.07, 6.45) is 3.72. The third-order valence-corrected chi connectivity index (χ3v) is 5.09. The van der Waals surface area contributed by atoms with Gasteiger partial charge in [-0.15, -0.1) is 24.2 Å². The SMILES string of the molecule is COc1ccc(SCCc2nc(C3(N)CCC3)no2)cc1OC.Cl. The largest absolute Gasteiger partial charge is 0.493 e. The average Bonchev–Trinajstić information content (AvgIpc) is 3.01. The molecule has 6 nitrogen and oxygen atoms in total. The standard InChI is InChI=1S/C16H21N3O3S.ClH/c1-20-12-5-4-11(10-13(12)21-2)23-9-6-14-18-15(19-22-14)16(17)7-3-8-16;/h4-5,10H,3,6-9,17H2,1-2H3;1H. The Kier molecular flexibility index (Phi) is 6.37. The minimum atomic E-state index is -0.363. The van der Waals surface area contributed by atoms with Gasteiger partial charge < -0.3 is 19.7 Å². The first kappa shape index (κ1) is 18.9. The Morgan fingerprint density at radius 1 is 1.25 bits per heavy atom. The molecule has 0 aliphatic heterocycles. The van der Waals surface area contributed by atoms with Gasteiger partial charge in [0, 0.05) is 17.1 Å². The van der Waals surface area contributed by atoms with Crippen molar-refractivity contribution in [2.24, 2.45) is 5.73 Å². The van der Waals surface area contributed by atoms with Gasteiger partial charge in [-0.2, -0.15) is 4.98 Å². The van der Waals surface area contributed by atoms with Gasteiger partial charge in [0.25, 0.3) is 0 Å². The van der Waals surface area contributed by atoms with Crippen molar-refractivity contribution in [3.63, 3.8) is 0 Å². The lowest BCUT2D eigenvalue weighted by Gasteiger charge is -2.34. The van der Waals surface area contributed by atoms with Gasteiger partial charge in [0.15, 0.2) is 17.3 Å². The number of aromatic nitrogens is 2. The zero-order valence-electron chi connectivity index (χ0n) is 13.8. The maximum atomic E-state index is 6.20. The summed E-state index contributed by atoms with van der Waals surface area (Å²) in [6.45, 7) is 0. The summed E-state index contributed by atoms with van der Waals surface area (Å²) in [6, 6.07) is 5.88. The molecule has 1 saturated carbocycles. The molecule has 1 heterocycles. The number of aryl methyl sites for hydroxylation is 1. The minimum Gasteiger partial charge on any atom is -0.493 e. The van der Waals surface area contributed by atoms with Crippen molar-refractivity contribution in [2.45, 2.75) is 36.1 Å². The highest BCUT2D eigenvalue weighted by Gasteiger charge is 2.38. The predicted octanol–water partition coefficient (Wildman–Crippen LogP) is 3.18. The second-order valence-corrected chi connectivity index (χ2v) is 6.80. The third-order valence-electron chi connectivity index (χ3n) is 4.10. The summed E-state index contributed by atoms with van der Waals surface area (Å²) in [5.74, 6) is 3.59. The molecule has 0 spiro atoms. The van der Waals surface area contributed by atoms with Crippen molar-refractivity contribution in [3.8, 4) is 11.5 Å². The molecule has 0 unspecified atom stereocenters. The second kappa shape index (κ2) is 8.09. The number of halogens is 1. The van der Waals surface area contributed by atoms with Crippen LogP contribution >= 0.6 is 24.2 Å². The Labute approximate surface area is 151 Å². The molecule has 0 saturated heterocycles. The Hall–Kier alpha value is -1.44. The number of benzene rings is 1. The van der Waals surface area contributed by atoms with Crippen LogP contribution < -0.4 is 15.2 Å². The molecule has 1 aromatic heterocycles. The van der Waals surface area contributed by atoms with Gasteiger partial charge >= 0.3 is 0 Å². The van der Waals surface area contributed by atoms with Gasteiger partial charge in [0.05, 0.1) is 19.8 Å². The van der Waals surface area contributed by atoms with E-state index >= 15 is 0 Å². The predicted molar refractivity (Wildman–Crippen MR) is 95.2 cm³/mol. The lowest BCUT2D eigenvalue weighted by atomic mass is 9.77. The highest BCUT2D eigenvalue weighted by Crippen LogP contribution is 2.37. The van der Waals surface area contributed by atoms with E-state index in [2.05, 4.69) is 10.1 Å². The van der Waals surface area contributed by atoms with Crippen LogP contribution in [-0.4, -0.2) is 30.1 Å². The molecule has 24 heavy (non-hydrogen) atoms. The van der Waals surface area contributed by atoms with Crippen molar-refractivity contribution in [3.05, 3.63) is 29.9 Å². The zero-order chi connectivity index (χ0) is 16.3. The highest BCUT2D eigenvalue weighted by molar-refractivity contribution is 7.99. The molecule has 8 heteroatoms. The fourth-order valence-electron chi connectivity index (χ4n) is 2.50. The van der Waals surface area contributed by atoms with Crippen LogP contribution in [0, 0.1) is 0 Å². The summed E-state index contributed by atoms with van der Waals surface area (Å²) in [7, 11) is 3.26. The number of thioether (sulfide) groups is 1. The van der Waals surface area contributed by atoms with Crippen LogP contribution in [0.25, 0.3) is 0 Å². The molecule has 132 valence electrons. The first-order valence-electron chi connectivity index (χ1n) is 7.61. The maximum absolute atomic E-state index is 6.20. The molecule has 1 fully saturated rings. The molecule has 0 bridgehead atoms. The molecule has 1 aliphatic rings.